The fourth-order valence-electron chi connectivity index (χ4n) is 2.48. The van der Waals surface area contributed by atoms with E-state index in [9.17, 15) is 4.79 Å². The van der Waals surface area contributed by atoms with Crippen molar-refractivity contribution in [3.8, 4) is 11.8 Å². The molecule has 1 amide bonds. The first-order valence-corrected chi connectivity index (χ1v) is 7.64. The van der Waals surface area contributed by atoms with E-state index in [1.54, 1.807) is 25.1 Å². The molecule has 1 N–H and O–H groups in total. The number of nitrogens with one attached hydrogen (secondary N) is 1. The molecule has 1 unspecified atom stereocenters. The van der Waals surface area contributed by atoms with Gasteiger partial charge in [-0.05, 0) is 31.9 Å². The topological polar surface area (TPSA) is 62.1 Å². The van der Waals surface area contributed by atoms with Gasteiger partial charge in [-0.15, -0.1) is 0 Å². The number of benzene rings is 1. The molecule has 0 spiro atoms. The fraction of sp³-hybridized carbons (Fsp3) is 0.500. The number of hydrogen-bond acceptors (Lipinski definition) is 3. The van der Waals surface area contributed by atoms with E-state index in [4.69, 9.17) is 21.6 Å². The Balaban J connectivity index is 1.91. The monoisotopic (exact) mass is 306 g/mol. The van der Waals surface area contributed by atoms with Crippen molar-refractivity contribution in [1.82, 2.24) is 5.32 Å². The third-order valence-corrected chi connectivity index (χ3v) is 4.01. The van der Waals surface area contributed by atoms with Crippen molar-refractivity contribution >= 4 is 17.5 Å². The summed E-state index contributed by atoms with van der Waals surface area (Å²) >= 11 is 5.95. The van der Waals surface area contributed by atoms with E-state index in [1.807, 2.05) is 6.07 Å². The summed E-state index contributed by atoms with van der Waals surface area (Å²) in [6, 6.07) is 7.05. The van der Waals surface area contributed by atoms with Gasteiger partial charge in [0.15, 0.2) is 6.10 Å². The molecule has 1 saturated carbocycles. The van der Waals surface area contributed by atoms with E-state index >= 15 is 0 Å². The number of carbonyl (C=O) groups is 1. The number of hydrogen-bond donors (Lipinski definition) is 1. The van der Waals surface area contributed by atoms with Crippen LogP contribution >= 0.6 is 11.6 Å². The third-order valence-electron chi connectivity index (χ3n) is 3.69. The zero-order chi connectivity index (χ0) is 15.2. The Morgan fingerprint density at radius 1 is 1.43 bits per heavy atom. The first-order valence-electron chi connectivity index (χ1n) is 7.27. The number of nitrogens with zero attached hydrogens (tertiary/aromatic N) is 1. The van der Waals surface area contributed by atoms with E-state index in [0.29, 0.717) is 16.3 Å². The van der Waals surface area contributed by atoms with Crippen LogP contribution < -0.4 is 10.1 Å². The number of amides is 1. The summed E-state index contributed by atoms with van der Waals surface area (Å²) < 4.78 is 5.59. The van der Waals surface area contributed by atoms with Crippen molar-refractivity contribution in [2.75, 3.05) is 0 Å². The molecular formula is C16H19ClN2O2. The van der Waals surface area contributed by atoms with E-state index in [1.165, 1.54) is 19.3 Å². The second kappa shape index (κ2) is 7.33. The fourth-order valence-corrected chi connectivity index (χ4v) is 2.70. The van der Waals surface area contributed by atoms with E-state index in [2.05, 4.69) is 5.32 Å². The van der Waals surface area contributed by atoms with Crippen molar-refractivity contribution in [1.29, 1.82) is 5.26 Å². The minimum absolute atomic E-state index is 0.109. The summed E-state index contributed by atoms with van der Waals surface area (Å²) in [6.07, 6.45) is 5.09. The van der Waals surface area contributed by atoms with Gasteiger partial charge in [-0.3, -0.25) is 4.79 Å². The molecule has 1 fully saturated rings. The summed E-state index contributed by atoms with van der Waals surface area (Å²) in [5, 5.41) is 12.2. The molecule has 0 aromatic heterocycles. The highest BCUT2D eigenvalue weighted by Gasteiger charge is 2.20. The number of carbonyl (C=O) groups excluding carboxylic acids is 1. The summed E-state index contributed by atoms with van der Waals surface area (Å²) in [4.78, 5) is 12.1. The zero-order valence-corrected chi connectivity index (χ0v) is 12.8. The highest BCUT2D eigenvalue weighted by Crippen LogP contribution is 2.23. The van der Waals surface area contributed by atoms with Gasteiger partial charge in [0, 0.05) is 12.1 Å². The Bertz CT molecular complexity index is 548. The number of rotatable bonds is 4. The van der Waals surface area contributed by atoms with E-state index in [0.717, 1.165) is 12.8 Å². The quantitative estimate of drug-likeness (QED) is 0.927. The van der Waals surface area contributed by atoms with Crippen LogP contribution in [0.5, 0.6) is 5.75 Å². The van der Waals surface area contributed by atoms with Crippen LogP contribution in [0.4, 0.5) is 0 Å². The molecule has 1 aromatic carbocycles. The van der Waals surface area contributed by atoms with Gasteiger partial charge in [0.25, 0.3) is 5.91 Å². The summed E-state index contributed by atoms with van der Waals surface area (Å²) in [5.41, 5.74) is 0.392. The second-order valence-electron chi connectivity index (χ2n) is 5.36. The van der Waals surface area contributed by atoms with Gasteiger partial charge in [0.2, 0.25) is 0 Å². The van der Waals surface area contributed by atoms with Crippen LogP contribution in [0.15, 0.2) is 18.2 Å². The summed E-state index contributed by atoms with van der Waals surface area (Å²) in [7, 11) is 0. The standard InChI is InChI=1S/C16H19ClN2O2/c1-11(16(20)19-13-5-3-2-4-6-13)21-14-8-7-12(10-18)15(17)9-14/h7-9,11,13H,2-6H2,1H3,(H,19,20). The molecule has 0 heterocycles. The van der Waals surface area contributed by atoms with Crippen molar-refractivity contribution in [2.24, 2.45) is 0 Å². The highest BCUT2D eigenvalue weighted by atomic mass is 35.5. The molecule has 1 aliphatic rings. The van der Waals surface area contributed by atoms with Crippen LogP contribution in [0.2, 0.25) is 5.02 Å². The van der Waals surface area contributed by atoms with E-state index < -0.39 is 6.10 Å². The molecule has 1 aliphatic carbocycles. The number of ether oxygens (including phenoxy) is 1. The third kappa shape index (κ3) is 4.37. The van der Waals surface area contributed by atoms with Gasteiger partial charge in [-0.2, -0.15) is 5.26 Å². The first kappa shape index (κ1) is 15.7. The Kier molecular flexibility index (Phi) is 5.46. The molecule has 21 heavy (non-hydrogen) atoms. The molecule has 0 bridgehead atoms. The molecular weight excluding hydrogens is 288 g/mol. The van der Waals surface area contributed by atoms with Gasteiger partial charge in [0.1, 0.15) is 11.8 Å². The van der Waals surface area contributed by atoms with Crippen LogP contribution in [0.25, 0.3) is 0 Å². The molecule has 1 atom stereocenters. The normalized spacial score (nSPS) is 16.8. The molecule has 0 radical (unpaired) electrons. The van der Waals surface area contributed by atoms with Crippen LogP contribution in [0.3, 0.4) is 0 Å². The Morgan fingerprint density at radius 2 is 2.14 bits per heavy atom. The smallest absolute Gasteiger partial charge is 0.260 e. The molecule has 112 valence electrons. The van der Waals surface area contributed by atoms with Crippen LogP contribution in [-0.2, 0) is 4.79 Å². The average molecular weight is 307 g/mol. The van der Waals surface area contributed by atoms with Gasteiger partial charge < -0.3 is 10.1 Å². The molecule has 4 nitrogen and oxygen atoms in total. The predicted molar refractivity (Wildman–Crippen MR) is 81.3 cm³/mol. The maximum absolute atomic E-state index is 12.1. The lowest BCUT2D eigenvalue weighted by atomic mass is 9.95. The lowest BCUT2D eigenvalue weighted by molar-refractivity contribution is -0.128. The Morgan fingerprint density at radius 3 is 2.76 bits per heavy atom. The highest BCUT2D eigenvalue weighted by molar-refractivity contribution is 6.31. The van der Waals surface area contributed by atoms with Crippen molar-refractivity contribution in [2.45, 2.75) is 51.2 Å². The summed E-state index contributed by atoms with van der Waals surface area (Å²) in [5.74, 6) is 0.382. The van der Waals surface area contributed by atoms with Crippen LogP contribution in [0.1, 0.15) is 44.6 Å². The van der Waals surface area contributed by atoms with Crippen LogP contribution in [0, 0.1) is 11.3 Å². The Hall–Kier alpha value is -1.73. The maximum Gasteiger partial charge on any atom is 0.260 e. The molecule has 1 aromatic rings. The molecule has 0 aliphatic heterocycles. The van der Waals surface area contributed by atoms with Crippen molar-refractivity contribution < 1.29 is 9.53 Å². The lowest BCUT2D eigenvalue weighted by Crippen LogP contribution is -2.43. The second-order valence-corrected chi connectivity index (χ2v) is 5.76. The predicted octanol–water partition coefficient (Wildman–Crippen LogP) is 3.43. The van der Waals surface area contributed by atoms with Crippen molar-refractivity contribution in [3.05, 3.63) is 28.8 Å². The molecule has 2 rings (SSSR count). The minimum atomic E-state index is -0.587. The van der Waals surface area contributed by atoms with E-state index in [-0.39, 0.29) is 11.9 Å². The van der Waals surface area contributed by atoms with Gasteiger partial charge in [-0.1, -0.05) is 30.9 Å². The largest absolute Gasteiger partial charge is 0.481 e. The van der Waals surface area contributed by atoms with Gasteiger partial charge >= 0.3 is 0 Å². The molecule has 5 heteroatoms. The lowest BCUT2D eigenvalue weighted by Gasteiger charge is -2.24. The summed E-state index contributed by atoms with van der Waals surface area (Å²) in [6.45, 7) is 1.71. The van der Waals surface area contributed by atoms with Gasteiger partial charge in [0.05, 0.1) is 10.6 Å². The first-order chi connectivity index (χ1) is 10.1. The van der Waals surface area contributed by atoms with Gasteiger partial charge in [-0.25, -0.2) is 0 Å². The maximum atomic E-state index is 12.1. The minimum Gasteiger partial charge on any atom is -0.481 e. The SMILES string of the molecule is CC(Oc1ccc(C#N)c(Cl)c1)C(=O)NC1CCCCC1. The zero-order valence-electron chi connectivity index (χ0n) is 12.1. The van der Waals surface area contributed by atoms with Crippen LogP contribution in [-0.4, -0.2) is 18.1 Å². The molecule has 0 saturated heterocycles. The number of nitriles is 1. The number of halogens is 1. The Labute approximate surface area is 130 Å². The average Bonchev–Trinajstić information content (AvgIpc) is 2.48. The van der Waals surface area contributed by atoms with Crippen molar-refractivity contribution in [3.63, 3.8) is 0 Å².